The van der Waals surface area contributed by atoms with E-state index >= 15 is 0 Å². The summed E-state index contributed by atoms with van der Waals surface area (Å²) >= 11 is 0. The van der Waals surface area contributed by atoms with Crippen LogP contribution in [-0.2, 0) is 27.3 Å². The van der Waals surface area contributed by atoms with E-state index in [0.717, 1.165) is 5.56 Å². The van der Waals surface area contributed by atoms with Gasteiger partial charge in [-0.1, -0.05) is 42.5 Å². The Kier molecular flexibility index (Phi) is 6.13. The van der Waals surface area contributed by atoms with Gasteiger partial charge < -0.3 is 9.47 Å². The first-order chi connectivity index (χ1) is 14.5. The van der Waals surface area contributed by atoms with Crippen molar-refractivity contribution in [1.82, 2.24) is 4.90 Å². The maximum atomic E-state index is 13.8. The number of carbonyl (C=O) groups excluding carboxylic acids is 2. The van der Waals surface area contributed by atoms with E-state index in [2.05, 4.69) is 0 Å². The Hall–Kier alpha value is -2.73. The van der Waals surface area contributed by atoms with Gasteiger partial charge in [-0.2, -0.15) is 0 Å². The van der Waals surface area contributed by atoms with Crippen LogP contribution in [0.5, 0.6) is 0 Å². The number of ether oxygens (including phenoxy) is 2. The number of rotatable bonds is 5. The molecule has 0 radical (unpaired) electrons. The Bertz CT molecular complexity index is 903. The molecule has 30 heavy (non-hydrogen) atoms. The zero-order valence-electron chi connectivity index (χ0n) is 17.1. The Labute approximate surface area is 175 Å². The van der Waals surface area contributed by atoms with Crippen LogP contribution in [0.4, 0.5) is 9.18 Å². The van der Waals surface area contributed by atoms with Gasteiger partial charge in [0.2, 0.25) is 0 Å². The molecule has 2 bridgehead atoms. The lowest BCUT2D eigenvalue weighted by molar-refractivity contribution is -0.130. The Morgan fingerprint density at radius 3 is 2.43 bits per heavy atom. The van der Waals surface area contributed by atoms with Crippen LogP contribution in [0.15, 0.2) is 48.5 Å². The lowest BCUT2D eigenvalue weighted by Crippen LogP contribution is -2.60. The highest BCUT2D eigenvalue weighted by molar-refractivity contribution is 5.84. The maximum Gasteiger partial charge on any atom is 0.410 e. The summed E-state index contributed by atoms with van der Waals surface area (Å²) in [5.41, 5.74) is 2.19. The molecule has 2 fully saturated rings. The second-order valence-corrected chi connectivity index (χ2v) is 8.19. The third-order valence-electron chi connectivity index (χ3n) is 6.01. The van der Waals surface area contributed by atoms with Gasteiger partial charge in [0.15, 0.2) is 0 Å². The average Bonchev–Trinajstić information content (AvgIpc) is 2.74. The zero-order chi connectivity index (χ0) is 21.1. The number of hydrogen-bond acceptors (Lipinski definition) is 4. The lowest BCUT2D eigenvalue weighted by atomic mass is 9.81. The van der Waals surface area contributed by atoms with Crippen molar-refractivity contribution in [1.29, 1.82) is 0 Å². The minimum absolute atomic E-state index is 0.0902. The van der Waals surface area contributed by atoms with Gasteiger partial charge >= 0.3 is 6.09 Å². The van der Waals surface area contributed by atoms with Crippen molar-refractivity contribution in [2.24, 2.45) is 5.92 Å². The number of halogens is 1. The molecule has 2 aromatic rings. The molecule has 2 heterocycles. The summed E-state index contributed by atoms with van der Waals surface area (Å²) < 4.78 is 25.0. The van der Waals surface area contributed by atoms with E-state index in [1.54, 1.807) is 24.0 Å². The average molecular weight is 411 g/mol. The summed E-state index contributed by atoms with van der Waals surface area (Å²) in [5.74, 6) is -0.361. The minimum Gasteiger partial charge on any atom is -0.445 e. The van der Waals surface area contributed by atoms with Crippen LogP contribution in [-0.4, -0.2) is 42.1 Å². The van der Waals surface area contributed by atoms with Gasteiger partial charge in [-0.15, -0.1) is 0 Å². The third-order valence-corrected chi connectivity index (χ3v) is 6.01. The first-order valence-corrected chi connectivity index (χ1v) is 10.4. The normalized spacial score (nSPS) is 23.1. The largest absolute Gasteiger partial charge is 0.445 e. The molecule has 5 nitrogen and oxygen atoms in total. The van der Waals surface area contributed by atoms with Crippen molar-refractivity contribution in [3.05, 3.63) is 71.0 Å². The van der Waals surface area contributed by atoms with Gasteiger partial charge in [0.05, 0.1) is 25.3 Å². The molecule has 0 spiro atoms. The molecule has 2 aliphatic heterocycles. The molecule has 0 aliphatic carbocycles. The SMILES string of the molecule is Cc1ccc(CC(=O)C2CC3COCC(C2)N3C(=O)OCc2ccccc2)cc1F. The van der Waals surface area contributed by atoms with Crippen LogP contribution in [0.3, 0.4) is 0 Å². The monoisotopic (exact) mass is 411 g/mol. The van der Waals surface area contributed by atoms with Gasteiger partial charge in [-0.05, 0) is 42.5 Å². The van der Waals surface area contributed by atoms with Gasteiger partial charge in [0.25, 0.3) is 0 Å². The number of fused-ring (bicyclic) bond motifs is 2. The second-order valence-electron chi connectivity index (χ2n) is 8.19. The molecule has 158 valence electrons. The molecule has 6 heteroatoms. The minimum atomic E-state index is -0.358. The predicted octanol–water partition coefficient (Wildman–Crippen LogP) is 4.06. The molecule has 4 rings (SSSR count). The number of amides is 1. The molecule has 2 aliphatic rings. The van der Waals surface area contributed by atoms with Crippen molar-refractivity contribution in [3.8, 4) is 0 Å². The van der Waals surface area contributed by atoms with Crippen LogP contribution in [0.2, 0.25) is 0 Å². The predicted molar refractivity (Wildman–Crippen MR) is 109 cm³/mol. The standard InChI is InChI=1S/C24H26FNO4/c1-16-7-8-18(9-22(16)25)10-23(27)19-11-20-14-29-15-21(12-19)26(20)24(28)30-13-17-5-3-2-4-6-17/h2-9,19-21H,10-15H2,1H3. The molecule has 2 unspecified atom stereocenters. The number of benzene rings is 2. The zero-order valence-corrected chi connectivity index (χ0v) is 17.1. The fraction of sp³-hybridized carbons (Fsp3) is 0.417. The maximum absolute atomic E-state index is 13.8. The van der Waals surface area contributed by atoms with E-state index in [-0.39, 0.29) is 48.7 Å². The molecule has 2 saturated heterocycles. The van der Waals surface area contributed by atoms with Crippen molar-refractivity contribution >= 4 is 11.9 Å². The van der Waals surface area contributed by atoms with E-state index in [1.165, 1.54) is 6.07 Å². The van der Waals surface area contributed by atoms with E-state index < -0.39 is 0 Å². The van der Waals surface area contributed by atoms with Crippen molar-refractivity contribution in [2.45, 2.75) is 44.9 Å². The smallest absolute Gasteiger partial charge is 0.410 e. The molecular formula is C24H26FNO4. The number of nitrogens with zero attached hydrogens (tertiary/aromatic N) is 1. The number of carbonyl (C=O) groups is 2. The van der Waals surface area contributed by atoms with Crippen LogP contribution < -0.4 is 0 Å². The van der Waals surface area contributed by atoms with Crippen LogP contribution in [0, 0.1) is 18.7 Å². The topological polar surface area (TPSA) is 55.8 Å². The number of ketones is 1. The van der Waals surface area contributed by atoms with Crippen molar-refractivity contribution in [3.63, 3.8) is 0 Å². The number of morpholine rings is 1. The van der Waals surface area contributed by atoms with Crippen LogP contribution in [0.1, 0.15) is 29.5 Å². The van der Waals surface area contributed by atoms with Gasteiger partial charge in [0.1, 0.15) is 18.2 Å². The van der Waals surface area contributed by atoms with Crippen molar-refractivity contribution in [2.75, 3.05) is 13.2 Å². The quantitative estimate of drug-likeness (QED) is 0.745. The summed E-state index contributed by atoms with van der Waals surface area (Å²) in [6, 6.07) is 14.1. The van der Waals surface area contributed by atoms with Gasteiger partial charge in [0, 0.05) is 12.3 Å². The van der Waals surface area contributed by atoms with Gasteiger partial charge in [-0.3, -0.25) is 9.69 Å². The number of aryl methyl sites for hydroxylation is 1. The summed E-state index contributed by atoms with van der Waals surface area (Å²) in [5, 5.41) is 0. The van der Waals surface area contributed by atoms with Crippen LogP contribution >= 0.6 is 0 Å². The molecule has 0 saturated carbocycles. The Balaban J connectivity index is 1.38. The second kappa shape index (κ2) is 8.96. The van der Waals surface area contributed by atoms with E-state index in [9.17, 15) is 14.0 Å². The first-order valence-electron chi connectivity index (χ1n) is 10.4. The number of Topliss-reactive ketones (excluding diaryl/α,β-unsaturated/α-hetero) is 1. The highest BCUT2D eigenvalue weighted by Crippen LogP contribution is 2.33. The number of piperidine rings is 1. The molecule has 0 aromatic heterocycles. The van der Waals surface area contributed by atoms with Crippen LogP contribution in [0.25, 0.3) is 0 Å². The summed E-state index contributed by atoms with van der Waals surface area (Å²) in [6.45, 7) is 2.73. The number of hydrogen-bond donors (Lipinski definition) is 0. The molecular weight excluding hydrogens is 385 g/mol. The van der Waals surface area contributed by atoms with Gasteiger partial charge in [-0.25, -0.2) is 9.18 Å². The molecule has 2 atom stereocenters. The molecule has 2 aromatic carbocycles. The molecule has 1 amide bonds. The highest BCUT2D eigenvalue weighted by Gasteiger charge is 2.44. The fourth-order valence-corrected chi connectivity index (χ4v) is 4.36. The van der Waals surface area contributed by atoms with E-state index in [4.69, 9.17) is 9.47 Å². The lowest BCUT2D eigenvalue weighted by Gasteiger charge is -2.47. The Morgan fingerprint density at radius 1 is 1.07 bits per heavy atom. The highest BCUT2D eigenvalue weighted by atomic mass is 19.1. The summed E-state index contributed by atoms with van der Waals surface area (Å²) in [4.78, 5) is 27.4. The van der Waals surface area contributed by atoms with E-state index in [1.807, 2.05) is 30.3 Å². The van der Waals surface area contributed by atoms with E-state index in [0.29, 0.717) is 37.2 Å². The summed E-state index contributed by atoms with van der Waals surface area (Å²) in [6.07, 6.45) is 0.943. The third kappa shape index (κ3) is 4.54. The first kappa shape index (κ1) is 20.5. The summed E-state index contributed by atoms with van der Waals surface area (Å²) in [7, 11) is 0. The Morgan fingerprint density at radius 2 is 1.77 bits per heavy atom. The van der Waals surface area contributed by atoms with Crippen molar-refractivity contribution < 1.29 is 23.5 Å². The fourth-order valence-electron chi connectivity index (χ4n) is 4.36. The molecule has 0 N–H and O–H groups in total.